The van der Waals surface area contributed by atoms with Crippen LogP contribution in [0.3, 0.4) is 0 Å². The van der Waals surface area contributed by atoms with E-state index in [0.717, 1.165) is 31.2 Å². The van der Waals surface area contributed by atoms with Crippen molar-refractivity contribution in [1.29, 1.82) is 0 Å². The number of hydrogen-bond acceptors (Lipinski definition) is 3. The van der Waals surface area contributed by atoms with Gasteiger partial charge >= 0.3 is 0 Å². The summed E-state index contributed by atoms with van der Waals surface area (Å²) in [5.74, 6) is -0.0651. The van der Waals surface area contributed by atoms with Gasteiger partial charge in [-0.25, -0.2) is 0 Å². The summed E-state index contributed by atoms with van der Waals surface area (Å²) in [6, 6.07) is 7.42. The summed E-state index contributed by atoms with van der Waals surface area (Å²) in [7, 11) is 0. The Morgan fingerprint density at radius 3 is 2.75 bits per heavy atom. The second kappa shape index (κ2) is 7.07. The van der Waals surface area contributed by atoms with E-state index in [4.69, 9.17) is 11.6 Å². The quantitative estimate of drug-likeness (QED) is 0.751. The molecule has 110 valence electrons. The molecule has 1 aromatic carbocycles. The standard InChI is InChI=1S/C15H21ClN2O2/c16-13-5-3-4-12(8-13)9-17-14(20)10-18-15(11-19)6-1-2-7-15/h3-5,8,18-19H,1-2,6-7,9-11H2,(H,17,20). The minimum atomic E-state index is -0.257. The van der Waals surface area contributed by atoms with Gasteiger partial charge in [0.1, 0.15) is 0 Å². The van der Waals surface area contributed by atoms with E-state index in [1.165, 1.54) is 0 Å². The number of carbonyl (C=O) groups excluding carboxylic acids is 1. The molecule has 3 N–H and O–H groups in total. The van der Waals surface area contributed by atoms with Crippen LogP contribution in [0.25, 0.3) is 0 Å². The highest BCUT2D eigenvalue weighted by Gasteiger charge is 2.32. The second-order valence-electron chi connectivity index (χ2n) is 5.41. The lowest BCUT2D eigenvalue weighted by molar-refractivity contribution is -0.120. The first-order valence-electron chi connectivity index (χ1n) is 7.01. The van der Waals surface area contributed by atoms with Gasteiger partial charge in [0.15, 0.2) is 0 Å². The maximum atomic E-state index is 11.8. The molecule has 0 unspecified atom stereocenters. The molecule has 20 heavy (non-hydrogen) atoms. The fourth-order valence-corrected chi connectivity index (χ4v) is 2.83. The molecule has 1 aromatic rings. The van der Waals surface area contributed by atoms with E-state index in [2.05, 4.69) is 10.6 Å². The number of aliphatic hydroxyl groups is 1. The Bertz CT molecular complexity index is 459. The molecule has 0 heterocycles. The van der Waals surface area contributed by atoms with Crippen molar-refractivity contribution >= 4 is 17.5 Å². The summed E-state index contributed by atoms with van der Waals surface area (Å²) in [5.41, 5.74) is 0.719. The average Bonchev–Trinajstić information content (AvgIpc) is 2.92. The van der Waals surface area contributed by atoms with Crippen molar-refractivity contribution in [1.82, 2.24) is 10.6 Å². The van der Waals surface area contributed by atoms with Crippen LogP contribution in [0, 0.1) is 0 Å². The Labute approximate surface area is 124 Å². The van der Waals surface area contributed by atoms with Crippen molar-refractivity contribution in [2.24, 2.45) is 0 Å². The van der Waals surface area contributed by atoms with Gasteiger partial charge in [0.25, 0.3) is 0 Å². The molecule has 1 amide bonds. The summed E-state index contributed by atoms with van der Waals surface area (Å²) in [6.07, 6.45) is 4.09. The molecular weight excluding hydrogens is 276 g/mol. The molecule has 2 rings (SSSR count). The number of benzene rings is 1. The summed E-state index contributed by atoms with van der Waals surface area (Å²) in [5, 5.41) is 16.2. The van der Waals surface area contributed by atoms with Crippen LogP contribution in [-0.2, 0) is 11.3 Å². The lowest BCUT2D eigenvalue weighted by atomic mass is 9.99. The molecule has 0 aliphatic heterocycles. The Morgan fingerprint density at radius 2 is 2.10 bits per heavy atom. The molecule has 0 radical (unpaired) electrons. The number of rotatable bonds is 6. The minimum Gasteiger partial charge on any atom is -0.394 e. The molecule has 1 aliphatic carbocycles. The highest BCUT2D eigenvalue weighted by atomic mass is 35.5. The minimum absolute atomic E-state index is 0.0651. The lowest BCUT2D eigenvalue weighted by Crippen LogP contribution is -2.50. The predicted octanol–water partition coefficient (Wildman–Crippen LogP) is 1.85. The number of amides is 1. The molecule has 1 fully saturated rings. The van der Waals surface area contributed by atoms with E-state index in [1.54, 1.807) is 6.07 Å². The average molecular weight is 297 g/mol. The highest BCUT2D eigenvalue weighted by molar-refractivity contribution is 6.30. The van der Waals surface area contributed by atoms with Gasteiger partial charge in [-0.2, -0.15) is 0 Å². The fraction of sp³-hybridized carbons (Fsp3) is 0.533. The number of hydrogen-bond donors (Lipinski definition) is 3. The van der Waals surface area contributed by atoms with Crippen molar-refractivity contribution < 1.29 is 9.90 Å². The third-order valence-corrected chi connectivity index (χ3v) is 4.10. The molecule has 4 nitrogen and oxygen atoms in total. The van der Waals surface area contributed by atoms with E-state index in [9.17, 15) is 9.90 Å². The zero-order valence-electron chi connectivity index (χ0n) is 11.5. The molecule has 0 saturated heterocycles. The van der Waals surface area contributed by atoms with E-state index < -0.39 is 0 Å². The molecule has 0 aromatic heterocycles. The monoisotopic (exact) mass is 296 g/mol. The van der Waals surface area contributed by atoms with E-state index >= 15 is 0 Å². The van der Waals surface area contributed by atoms with Gasteiger partial charge in [-0.05, 0) is 30.5 Å². The van der Waals surface area contributed by atoms with Gasteiger partial charge in [-0.1, -0.05) is 36.6 Å². The van der Waals surface area contributed by atoms with Crippen molar-refractivity contribution in [3.8, 4) is 0 Å². The van der Waals surface area contributed by atoms with Crippen LogP contribution in [0.4, 0.5) is 0 Å². The van der Waals surface area contributed by atoms with Gasteiger partial charge in [0.05, 0.1) is 13.2 Å². The first-order valence-corrected chi connectivity index (χ1v) is 7.38. The summed E-state index contributed by atoms with van der Waals surface area (Å²) in [6.45, 7) is 0.795. The van der Waals surface area contributed by atoms with Crippen LogP contribution < -0.4 is 10.6 Å². The van der Waals surface area contributed by atoms with Crippen LogP contribution in [0.5, 0.6) is 0 Å². The van der Waals surface area contributed by atoms with Crippen LogP contribution in [0.1, 0.15) is 31.2 Å². The predicted molar refractivity (Wildman–Crippen MR) is 79.6 cm³/mol. The molecule has 0 spiro atoms. The van der Waals surface area contributed by atoms with Crippen molar-refractivity contribution in [3.63, 3.8) is 0 Å². The molecule has 0 bridgehead atoms. The van der Waals surface area contributed by atoms with Crippen LogP contribution in [-0.4, -0.2) is 29.7 Å². The third kappa shape index (κ3) is 4.20. The number of carbonyl (C=O) groups is 1. The highest BCUT2D eigenvalue weighted by Crippen LogP contribution is 2.28. The van der Waals surface area contributed by atoms with Gasteiger partial charge < -0.3 is 15.7 Å². The third-order valence-electron chi connectivity index (χ3n) is 3.87. The molecule has 1 aliphatic rings. The molecule has 0 atom stereocenters. The summed E-state index contributed by atoms with van der Waals surface area (Å²) >= 11 is 5.89. The largest absolute Gasteiger partial charge is 0.394 e. The topological polar surface area (TPSA) is 61.4 Å². The summed E-state index contributed by atoms with van der Waals surface area (Å²) in [4.78, 5) is 11.8. The normalized spacial score (nSPS) is 17.1. The SMILES string of the molecule is O=C(CNC1(CO)CCCC1)NCc1cccc(Cl)c1. The molecule has 1 saturated carbocycles. The lowest BCUT2D eigenvalue weighted by Gasteiger charge is -2.27. The van der Waals surface area contributed by atoms with Crippen LogP contribution in [0.2, 0.25) is 5.02 Å². The van der Waals surface area contributed by atoms with Gasteiger partial charge in [0.2, 0.25) is 5.91 Å². The second-order valence-corrected chi connectivity index (χ2v) is 5.84. The smallest absolute Gasteiger partial charge is 0.234 e. The van der Waals surface area contributed by atoms with Gasteiger partial charge in [0, 0.05) is 17.1 Å². The Morgan fingerprint density at radius 1 is 1.35 bits per heavy atom. The van der Waals surface area contributed by atoms with E-state index in [1.807, 2.05) is 18.2 Å². The zero-order valence-corrected chi connectivity index (χ0v) is 12.2. The van der Waals surface area contributed by atoms with Gasteiger partial charge in [-0.15, -0.1) is 0 Å². The summed E-state index contributed by atoms with van der Waals surface area (Å²) < 4.78 is 0. The Kier molecular flexibility index (Phi) is 5.40. The van der Waals surface area contributed by atoms with Crippen molar-refractivity contribution in [2.45, 2.75) is 37.8 Å². The van der Waals surface area contributed by atoms with E-state index in [-0.39, 0.29) is 24.6 Å². The Balaban J connectivity index is 1.75. The van der Waals surface area contributed by atoms with Crippen molar-refractivity contribution in [2.75, 3.05) is 13.2 Å². The fourth-order valence-electron chi connectivity index (χ4n) is 2.62. The Hall–Kier alpha value is -1.10. The van der Waals surface area contributed by atoms with E-state index in [0.29, 0.717) is 11.6 Å². The van der Waals surface area contributed by atoms with Crippen LogP contribution >= 0.6 is 11.6 Å². The molecule has 5 heteroatoms. The zero-order chi connectivity index (χ0) is 14.4. The number of aliphatic hydroxyl groups excluding tert-OH is 1. The first kappa shape index (κ1) is 15.3. The maximum Gasteiger partial charge on any atom is 0.234 e. The first-order chi connectivity index (χ1) is 9.63. The van der Waals surface area contributed by atoms with Gasteiger partial charge in [-0.3, -0.25) is 4.79 Å². The van der Waals surface area contributed by atoms with Crippen LogP contribution in [0.15, 0.2) is 24.3 Å². The van der Waals surface area contributed by atoms with Crippen molar-refractivity contribution in [3.05, 3.63) is 34.9 Å². The molecular formula is C15H21ClN2O2. The maximum absolute atomic E-state index is 11.8. The number of halogens is 1. The number of nitrogens with one attached hydrogen (secondary N) is 2.